The van der Waals surface area contributed by atoms with E-state index in [1.807, 2.05) is 0 Å². The zero-order chi connectivity index (χ0) is 17.4. The maximum Gasteiger partial charge on any atom is 0.416 e. The second-order valence-electron chi connectivity index (χ2n) is 4.71. The van der Waals surface area contributed by atoms with Crippen LogP contribution in [0.5, 0.6) is 0 Å². The molecule has 2 aromatic carbocycles. The van der Waals surface area contributed by atoms with Gasteiger partial charge in [-0.1, -0.05) is 29.3 Å². The lowest BCUT2D eigenvalue weighted by atomic mass is 10.2. The van der Waals surface area contributed by atoms with Crippen LogP contribution in [0.4, 0.5) is 18.9 Å². The highest BCUT2D eigenvalue weighted by molar-refractivity contribution is 7.92. The van der Waals surface area contributed by atoms with E-state index in [1.54, 1.807) is 13.0 Å². The maximum absolute atomic E-state index is 12.7. The topological polar surface area (TPSA) is 46.2 Å². The minimum absolute atomic E-state index is 0.120. The van der Waals surface area contributed by atoms with Gasteiger partial charge in [0.1, 0.15) is 4.90 Å². The zero-order valence-corrected chi connectivity index (χ0v) is 13.9. The van der Waals surface area contributed by atoms with E-state index in [-0.39, 0.29) is 10.7 Å². The summed E-state index contributed by atoms with van der Waals surface area (Å²) in [7, 11) is -4.30. The predicted molar refractivity (Wildman–Crippen MR) is 83.5 cm³/mol. The molecule has 23 heavy (non-hydrogen) atoms. The largest absolute Gasteiger partial charge is 0.416 e. The van der Waals surface area contributed by atoms with Crippen LogP contribution in [0.25, 0.3) is 0 Å². The van der Waals surface area contributed by atoms with Gasteiger partial charge in [0.15, 0.2) is 0 Å². The molecule has 2 aromatic rings. The van der Waals surface area contributed by atoms with Crippen LogP contribution in [-0.2, 0) is 16.2 Å². The highest BCUT2D eigenvalue weighted by Crippen LogP contribution is 2.34. The number of aryl methyl sites for hydroxylation is 1. The van der Waals surface area contributed by atoms with Gasteiger partial charge in [-0.2, -0.15) is 13.2 Å². The first kappa shape index (κ1) is 17.9. The first-order valence-corrected chi connectivity index (χ1v) is 8.40. The van der Waals surface area contributed by atoms with Crippen LogP contribution in [-0.4, -0.2) is 8.42 Å². The summed E-state index contributed by atoms with van der Waals surface area (Å²) in [4.78, 5) is -0.661. The monoisotopic (exact) mass is 383 g/mol. The molecule has 0 aromatic heterocycles. The standard InChI is InChI=1S/C14H10Cl2F3NO2S/c1-8-2-4-10(7-12(8)16)20-23(21,22)13-6-9(14(17,18)19)3-5-11(13)15/h2-7,20H,1H3. The number of halogens is 5. The van der Waals surface area contributed by atoms with E-state index < -0.39 is 26.7 Å². The number of nitrogens with one attached hydrogen (secondary N) is 1. The number of sulfonamides is 1. The summed E-state index contributed by atoms with van der Waals surface area (Å²) in [6.45, 7) is 1.73. The third-order valence-electron chi connectivity index (χ3n) is 2.97. The molecule has 9 heteroatoms. The van der Waals surface area contributed by atoms with Crippen molar-refractivity contribution < 1.29 is 21.6 Å². The van der Waals surface area contributed by atoms with Gasteiger partial charge in [-0.05, 0) is 42.8 Å². The molecule has 2 rings (SSSR count). The van der Waals surface area contributed by atoms with Gasteiger partial charge in [0.05, 0.1) is 16.3 Å². The molecular weight excluding hydrogens is 374 g/mol. The van der Waals surface area contributed by atoms with E-state index in [2.05, 4.69) is 4.72 Å². The Morgan fingerprint density at radius 1 is 1.00 bits per heavy atom. The van der Waals surface area contributed by atoms with Gasteiger partial charge < -0.3 is 0 Å². The van der Waals surface area contributed by atoms with Gasteiger partial charge in [-0.15, -0.1) is 0 Å². The second kappa shape index (κ2) is 6.22. The van der Waals surface area contributed by atoms with Gasteiger partial charge in [0.25, 0.3) is 10.0 Å². The number of alkyl halides is 3. The van der Waals surface area contributed by atoms with Crippen LogP contribution in [0.15, 0.2) is 41.3 Å². The summed E-state index contributed by atoms with van der Waals surface area (Å²) in [5, 5.41) is 0.00375. The van der Waals surface area contributed by atoms with E-state index in [4.69, 9.17) is 23.2 Å². The van der Waals surface area contributed by atoms with Crippen LogP contribution in [0.3, 0.4) is 0 Å². The van der Waals surface area contributed by atoms with Crippen molar-refractivity contribution in [3.05, 3.63) is 57.6 Å². The van der Waals surface area contributed by atoms with Gasteiger partial charge in [-0.3, -0.25) is 4.72 Å². The molecule has 0 heterocycles. The van der Waals surface area contributed by atoms with Crippen molar-refractivity contribution in [1.29, 1.82) is 0 Å². The SMILES string of the molecule is Cc1ccc(NS(=O)(=O)c2cc(C(F)(F)F)ccc2Cl)cc1Cl. The Balaban J connectivity index is 2.45. The molecule has 0 aliphatic carbocycles. The van der Waals surface area contributed by atoms with Crippen LogP contribution in [0.2, 0.25) is 10.0 Å². The molecule has 1 N–H and O–H groups in total. The average molecular weight is 384 g/mol. The molecule has 0 radical (unpaired) electrons. The number of anilines is 1. The second-order valence-corrected chi connectivity index (χ2v) is 7.18. The summed E-state index contributed by atoms with van der Waals surface area (Å²) < 4.78 is 65.0. The number of benzene rings is 2. The van der Waals surface area contributed by atoms with E-state index in [1.165, 1.54) is 12.1 Å². The van der Waals surface area contributed by atoms with E-state index in [9.17, 15) is 21.6 Å². The van der Waals surface area contributed by atoms with E-state index >= 15 is 0 Å². The lowest BCUT2D eigenvalue weighted by Crippen LogP contribution is -2.15. The average Bonchev–Trinajstić information content (AvgIpc) is 2.41. The molecule has 0 bridgehead atoms. The van der Waals surface area contributed by atoms with Gasteiger partial charge in [-0.25, -0.2) is 8.42 Å². The minimum Gasteiger partial charge on any atom is -0.280 e. The predicted octanol–water partition coefficient (Wildman–Crippen LogP) is 5.12. The molecule has 0 amide bonds. The van der Waals surface area contributed by atoms with Crippen molar-refractivity contribution in [2.75, 3.05) is 4.72 Å². The third kappa shape index (κ3) is 4.10. The normalized spacial score (nSPS) is 12.3. The van der Waals surface area contributed by atoms with Crippen molar-refractivity contribution in [2.24, 2.45) is 0 Å². The summed E-state index contributed by atoms with van der Waals surface area (Å²) in [6, 6.07) is 6.47. The quantitative estimate of drug-likeness (QED) is 0.799. The van der Waals surface area contributed by atoms with Crippen LogP contribution < -0.4 is 4.72 Å². The van der Waals surface area contributed by atoms with E-state index in [0.29, 0.717) is 17.2 Å². The van der Waals surface area contributed by atoms with E-state index in [0.717, 1.165) is 11.6 Å². The van der Waals surface area contributed by atoms with Crippen molar-refractivity contribution in [3.8, 4) is 0 Å². The van der Waals surface area contributed by atoms with Crippen LogP contribution in [0.1, 0.15) is 11.1 Å². The molecule has 0 fully saturated rings. The van der Waals surface area contributed by atoms with Gasteiger partial charge >= 0.3 is 6.18 Å². The molecule has 0 saturated heterocycles. The minimum atomic E-state index is -4.68. The number of rotatable bonds is 3. The Kier molecular flexibility index (Phi) is 4.84. The number of hydrogen-bond donors (Lipinski definition) is 1. The molecule has 0 aliphatic heterocycles. The van der Waals surface area contributed by atoms with Crippen LogP contribution >= 0.6 is 23.2 Å². The van der Waals surface area contributed by atoms with Gasteiger partial charge in [0.2, 0.25) is 0 Å². The zero-order valence-electron chi connectivity index (χ0n) is 11.6. The van der Waals surface area contributed by atoms with Crippen molar-refractivity contribution in [2.45, 2.75) is 18.0 Å². The highest BCUT2D eigenvalue weighted by Gasteiger charge is 2.32. The summed E-state index contributed by atoms with van der Waals surface area (Å²) >= 11 is 11.6. The molecule has 0 atom stereocenters. The summed E-state index contributed by atoms with van der Waals surface area (Å²) in [6.07, 6.45) is -4.68. The van der Waals surface area contributed by atoms with Crippen molar-refractivity contribution >= 4 is 38.9 Å². The third-order valence-corrected chi connectivity index (χ3v) is 5.24. The van der Waals surface area contributed by atoms with Crippen molar-refractivity contribution in [3.63, 3.8) is 0 Å². The number of hydrogen-bond acceptors (Lipinski definition) is 2. The Bertz CT molecular complexity index is 852. The first-order valence-electron chi connectivity index (χ1n) is 6.16. The molecule has 0 saturated carbocycles. The molecule has 0 unspecified atom stereocenters. The fourth-order valence-electron chi connectivity index (χ4n) is 1.75. The maximum atomic E-state index is 12.7. The first-order chi connectivity index (χ1) is 10.5. The lowest BCUT2D eigenvalue weighted by Gasteiger charge is -2.13. The Hall–Kier alpha value is -1.44. The fraction of sp³-hybridized carbons (Fsp3) is 0.143. The smallest absolute Gasteiger partial charge is 0.280 e. The Morgan fingerprint density at radius 2 is 1.65 bits per heavy atom. The van der Waals surface area contributed by atoms with Crippen LogP contribution in [0, 0.1) is 6.92 Å². The van der Waals surface area contributed by atoms with Crippen molar-refractivity contribution in [1.82, 2.24) is 0 Å². The molecule has 124 valence electrons. The highest BCUT2D eigenvalue weighted by atomic mass is 35.5. The molecular formula is C14H10Cl2F3NO2S. The molecule has 0 spiro atoms. The van der Waals surface area contributed by atoms with Gasteiger partial charge in [0, 0.05) is 5.02 Å². The fourth-order valence-corrected chi connectivity index (χ4v) is 3.51. The molecule has 3 nitrogen and oxygen atoms in total. The molecule has 0 aliphatic rings. The summed E-state index contributed by atoms with van der Waals surface area (Å²) in [5.41, 5.74) is -0.259. The Morgan fingerprint density at radius 3 is 2.22 bits per heavy atom. The summed E-state index contributed by atoms with van der Waals surface area (Å²) in [5.74, 6) is 0. The Labute approximate surface area is 141 Å². The lowest BCUT2D eigenvalue weighted by molar-refractivity contribution is -0.137.